The topological polar surface area (TPSA) is 38.3 Å². The maximum absolute atomic E-state index is 13.4. The Morgan fingerprint density at radius 1 is 1.40 bits per heavy atom. The molecule has 0 bridgehead atoms. The number of hydrogen-bond acceptors (Lipinski definition) is 3. The van der Waals surface area contributed by atoms with Gasteiger partial charge >= 0.3 is 0 Å². The van der Waals surface area contributed by atoms with E-state index >= 15 is 0 Å². The standard InChI is InChI=1S/C14H13F2NO2S/c1-9(14(18)17-8-11-3-2-6-20-11)19-13-5-4-10(15)7-12(13)16/h2-7,9H,8H2,1H3,(H,17,18)/t9-/m1/s1. The second-order valence-electron chi connectivity index (χ2n) is 4.13. The van der Waals surface area contributed by atoms with Crippen LogP contribution in [0.3, 0.4) is 0 Å². The summed E-state index contributed by atoms with van der Waals surface area (Å²) in [4.78, 5) is 12.8. The summed E-state index contributed by atoms with van der Waals surface area (Å²) in [6.45, 7) is 1.91. The van der Waals surface area contributed by atoms with Gasteiger partial charge in [0.2, 0.25) is 0 Å². The van der Waals surface area contributed by atoms with Crippen LogP contribution in [0.25, 0.3) is 0 Å². The number of thiophene rings is 1. The van der Waals surface area contributed by atoms with Gasteiger partial charge in [-0.25, -0.2) is 8.78 Å². The van der Waals surface area contributed by atoms with Crippen molar-refractivity contribution in [3.63, 3.8) is 0 Å². The Morgan fingerprint density at radius 2 is 2.20 bits per heavy atom. The molecule has 0 aliphatic carbocycles. The number of amides is 1. The van der Waals surface area contributed by atoms with E-state index < -0.39 is 17.7 Å². The highest BCUT2D eigenvalue weighted by molar-refractivity contribution is 7.09. The van der Waals surface area contributed by atoms with Crippen molar-refractivity contribution < 1.29 is 18.3 Å². The van der Waals surface area contributed by atoms with Gasteiger partial charge in [-0.2, -0.15) is 0 Å². The lowest BCUT2D eigenvalue weighted by atomic mass is 10.3. The van der Waals surface area contributed by atoms with Gasteiger partial charge in [0, 0.05) is 10.9 Å². The highest BCUT2D eigenvalue weighted by Crippen LogP contribution is 2.19. The Morgan fingerprint density at radius 3 is 2.85 bits per heavy atom. The molecule has 1 atom stereocenters. The Hall–Kier alpha value is -1.95. The number of nitrogens with one attached hydrogen (secondary N) is 1. The van der Waals surface area contributed by atoms with Crippen LogP contribution in [0.5, 0.6) is 5.75 Å². The van der Waals surface area contributed by atoms with Gasteiger partial charge in [-0.05, 0) is 30.5 Å². The molecule has 20 heavy (non-hydrogen) atoms. The minimum atomic E-state index is -0.866. The maximum atomic E-state index is 13.4. The molecule has 0 fully saturated rings. The summed E-state index contributed by atoms with van der Waals surface area (Å²) < 4.78 is 31.3. The Kier molecular flexibility index (Phi) is 4.68. The van der Waals surface area contributed by atoms with Gasteiger partial charge in [-0.3, -0.25) is 4.79 Å². The molecule has 1 heterocycles. The average molecular weight is 297 g/mol. The van der Waals surface area contributed by atoms with Crippen LogP contribution in [-0.4, -0.2) is 12.0 Å². The van der Waals surface area contributed by atoms with Gasteiger partial charge in [-0.15, -0.1) is 11.3 Å². The first kappa shape index (κ1) is 14.5. The molecular weight excluding hydrogens is 284 g/mol. The van der Waals surface area contributed by atoms with E-state index in [2.05, 4.69) is 5.32 Å². The fourth-order valence-corrected chi connectivity index (χ4v) is 2.19. The van der Waals surface area contributed by atoms with E-state index in [0.717, 1.165) is 17.0 Å². The summed E-state index contributed by atoms with van der Waals surface area (Å²) in [5, 5.41) is 4.60. The lowest BCUT2D eigenvalue weighted by Crippen LogP contribution is -2.35. The molecule has 0 saturated heterocycles. The minimum absolute atomic E-state index is 0.148. The molecule has 0 aliphatic heterocycles. The van der Waals surface area contributed by atoms with Crippen LogP contribution < -0.4 is 10.1 Å². The molecule has 3 nitrogen and oxygen atoms in total. The summed E-state index contributed by atoms with van der Waals surface area (Å²) in [6.07, 6.45) is -0.866. The highest BCUT2D eigenvalue weighted by Gasteiger charge is 2.16. The predicted octanol–water partition coefficient (Wildman–Crippen LogP) is 3.11. The Balaban J connectivity index is 1.90. The van der Waals surface area contributed by atoms with Crippen LogP contribution in [0.2, 0.25) is 0 Å². The number of hydrogen-bond donors (Lipinski definition) is 1. The fourth-order valence-electron chi connectivity index (χ4n) is 1.55. The monoisotopic (exact) mass is 297 g/mol. The molecular formula is C14H13F2NO2S. The van der Waals surface area contributed by atoms with Crippen molar-refractivity contribution in [2.75, 3.05) is 0 Å². The lowest BCUT2D eigenvalue weighted by molar-refractivity contribution is -0.127. The summed E-state index contributed by atoms with van der Waals surface area (Å²) in [5.41, 5.74) is 0. The molecule has 0 unspecified atom stereocenters. The van der Waals surface area contributed by atoms with E-state index in [-0.39, 0.29) is 11.7 Å². The van der Waals surface area contributed by atoms with Crippen LogP contribution in [0.1, 0.15) is 11.8 Å². The van der Waals surface area contributed by atoms with E-state index in [4.69, 9.17) is 4.74 Å². The highest BCUT2D eigenvalue weighted by atomic mass is 32.1. The smallest absolute Gasteiger partial charge is 0.261 e. The number of halogens is 2. The zero-order valence-corrected chi connectivity index (χ0v) is 11.5. The van der Waals surface area contributed by atoms with Crippen molar-refractivity contribution in [3.05, 3.63) is 52.2 Å². The first-order valence-electron chi connectivity index (χ1n) is 5.98. The third-order valence-electron chi connectivity index (χ3n) is 2.58. The Labute approximate surface area is 119 Å². The number of benzene rings is 1. The van der Waals surface area contributed by atoms with Gasteiger partial charge in [0.15, 0.2) is 17.7 Å². The summed E-state index contributed by atoms with van der Waals surface area (Å²) in [6, 6.07) is 6.74. The summed E-state index contributed by atoms with van der Waals surface area (Å²) >= 11 is 1.53. The van der Waals surface area contributed by atoms with Crippen molar-refractivity contribution in [1.82, 2.24) is 5.32 Å². The quantitative estimate of drug-likeness (QED) is 0.921. The fraction of sp³-hybridized carbons (Fsp3) is 0.214. The molecule has 0 aliphatic rings. The molecule has 1 aromatic carbocycles. The first-order chi connectivity index (χ1) is 9.56. The minimum Gasteiger partial charge on any atom is -0.478 e. The summed E-state index contributed by atoms with van der Waals surface area (Å²) in [7, 11) is 0. The Bertz CT molecular complexity index is 587. The van der Waals surface area contributed by atoms with E-state index in [9.17, 15) is 13.6 Å². The van der Waals surface area contributed by atoms with Gasteiger partial charge in [0.1, 0.15) is 5.82 Å². The molecule has 1 N–H and O–H groups in total. The predicted molar refractivity (Wildman–Crippen MR) is 72.6 cm³/mol. The summed E-state index contributed by atoms with van der Waals surface area (Å²) in [5.74, 6) is -2.03. The van der Waals surface area contributed by atoms with Crippen molar-refractivity contribution in [2.45, 2.75) is 19.6 Å². The van der Waals surface area contributed by atoms with Crippen molar-refractivity contribution >= 4 is 17.2 Å². The number of carbonyl (C=O) groups is 1. The zero-order valence-electron chi connectivity index (χ0n) is 10.7. The molecule has 1 amide bonds. The van der Waals surface area contributed by atoms with Crippen molar-refractivity contribution in [3.8, 4) is 5.75 Å². The van der Waals surface area contributed by atoms with E-state index in [1.165, 1.54) is 18.3 Å². The van der Waals surface area contributed by atoms with Crippen molar-refractivity contribution in [1.29, 1.82) is 0 Å². The van der Waals surface area contributed by atoms with E-state index in [1.54, 1.807) is 0 Å². The van der Waals surface area contributed by atoms with Crippen LogP contribution in [0.15, 0.2) is 35.7 Å². The first-order valence-corrected chi connectivity index (χ1v) is 6.86. The number of carbonyl (C=O) groups excluding carboxylic acids is 1. The van der Waals surface area contributed by atoms with Crippen molar-refractivity contribution in [2.24, 2.45) is 0 Å². The molecule has 0 spiro atoms. The second kappa shape index (κ2) is 6.47. The number of ether oxygens (including phenoxy) is 1. The van der Waals surface area contributed by atoms with Gasteiger partial charge in [0.05, 0.1) is 6.54 Å². The van der Waals surface area contributed by atoms with Crippen LogP contribution in [0.4, 0.5) is 8.78 Å². The lowest BCUT2D eigenvalue weighted by Gasteiger charge is -2.14. The second-order valence-corrected chi connectivity index (χ2v) is 5.16. The van der Waals surface area contributed by atoms with Gasteiger partial charge < -0.3 is 10.1 Å². The van der Waals surface area contributed by atoms with Crippen LogP contribution in [0, 0.1) is 11.6 Å². The van der Waals surface area contributed by atoms with E-state index in [0.29, 0.717) is 12.6 Å². The third-order valence-corrected chi connectivity index (χ3v) is 3.46. The van der Waals surface area contributed by atoms with E-state index in [1.807, 2.05) is 17.5 Å². The SMILES string of the molecule is C[C@@H](Oc1ccc(F)cc1F)C(=O)NCc1cccs1. The molecule has 0 radical (unpaired) electrons. The molecule has 2 aromatic rings. The third kappa shape index (κ3) is 3.77. The van der Waals surface area contributed by atoms with Gasteiger partial charge in [-0.1, -0.05) is 6.07 Å². The molecule has 2 rings (SSSR count). The molecule has 0 saturated carbocycles. The van der Waals surface area contributed by atoms with Crippen LogP contribution >= 0.6 is 11.3 Å². The van der Waals surface area contributed by atoms with Crippen LogP contribution in [-0.2, 0) is 11.3 Å². The average Bonchev–Trinajstić information content (AvgIpc) is 2.92. The number of rotatable bonds is 5. The maximum Gasteiger partial charge on any atom is 0.261 e. The molecule has 1 aromatic heterocycles. The van der Waals surface area contributed by atoms with Gasteiger partial charge in [0.25, 0.3) is 5.91 Å². The normalized spacial score (nSPS) is 11.9. The largest absolute Gasteiger partial charge is 0.478 e. The molecule has 6 heteroatoms. The zero-order chi connectivity index (χ0) is 14.5. The molecule has 106 valence electrons.